The third kappa shape index (κ3) is 3.13. The van der Waals surface area contributed by atoms with Crippen LogP contribution in [0.25, 0.3) is 0 Å². The Balaban J connectivity index is 1.68. The molecule has 3 aliphatic rings. The number of fused-ring (bicyclic) bond motifs is 4. The van der Waals surface area contributed by atoms with Crippen molar-refractivity contribution in [3.63, 3.8) is 0 Å². The number of benzene rings is 1. The summed E-state index contributed by atoms with van der Waals surface area (Å²) in [6.07, 6.45) is 5.22. The first-order valence-electron chi connectivity index (χ1n) is 11.2. The Bertz CT molecular complexity index is 812. The lowest BCUT2D eigenvalue weighted by atomic mass is 9.51. The van der Waals surface area contributed by atoms with E-state index in [0.29, 0.717) is 12.2 Å². The fourth-order valence-electron chi connectivity index (χ4n) is 5.74. The first kappa shape index (κ1) is 20.2. The van der Waals surface area contributed by atoms with E-state index >= 15 is 0 Å². The molecule has 2 aliphatic heterocycles. The van der Waals surface area contributed by atoms with E-state index in [1.54, 1.807) is 0 Å². The number of nitrogens with zero attached hydrogens (tertiary/aromatic N) is 2. The molecule has 2 saturated heterocycles. The van der Waals surface area contributed by atoms with Gasteiger partial charge in [-0.05, 0) is 67.7 Å². The summed E-state index contributed by atoms with van der Waals surface area (Å²) < 4.78 is 5.23. The Morgan fingerprint density at radius 1 is 1.10 bits per heavy atom. The molecule has 0 saturated carbocycles. The average Bonchev–Trinajstić information content (AvgIpc) is 2.71. The second kappa shape index (κ2) is 7.33. The number of piperidine rings is 2. The van der Waals surface area contributed by atoms with Crippen LogP contribution in [0, 0.1) is 5.41 Å². The summed E-state index contributed by atoms with van der Waals surface area (Å²) in [6.45, 7) is 11.7. The van der Waals surface area contributed by atoms with Gasteiger partial charge in [0, 0.05) is 31.1 Å². The highest BCUT2D eigenvalue weighted by atomic mass is 16.5. The van der Waals surface area contributed by atoms with Gasteiger partial charge in [-0.15, -0.1) is 0 Å². The number of esters is 1. The van der Waals surface area contributed by atoms with E-state index in [1.807, 2.05) is 19.1 Å². The van der Waals surface area contributed by atoms with Crippen molar-refractivity contribution in [3.05, 3.63) is 34.9 Å². The van der Waals surface area contributed by atoms with Crippen molar-refractivity contribution >= 4 is 12.0 Å². The Morgan fingerprint density at radius 2 is 1.83 bits per heavy atom. The Hall–Kier alpha value is -2.04. The second-order valence-electron chi connectivity index (χ2n) is 9.64. The number of ether oxygens (including phenoxy) is 1. The summed E-state index contributed by atoms with van der Waals surface area (Å²) in [5.74, 6) is -0.253. The van der Waals surface area contributed by atoms with Crippen LogP contribution < -0.4 is 0 Å². The van der Waals surface area contributed by atoms with E-state index in [4.69, 9.17) is 4.74 Å². The van der Waals surface area contributed by atoms with Gasteiger partial charge in [0.25, 0.3) is 0 Å². The fraction of sp³-hybridized carbons (Fsp3) is 0.667. The molecule has 29 heavy (non-hydrogen) atoms. The SMILES string of the molecule is CCOC(=O)c1ccc2c(c1)[C@@]1(C)CCN(C(=O)N3CCCCC3)[C@@H](C2)C1(C)C. The van der Waals surface area contributed by atoms with Crippen LogP contribution in [0.2, 0.25) is 0 Å². The van der Waals surface area contributed by atoms with Crippen molar-refractivity contribution in [2.24, 2.45) is 5.41 Å². The minimum atomic E-state index is -0.253. The highest BCUT2D eigenvalue weighted by Crippen LogP contribution is 2.56. The normalized spacial score (nSPS) is 27.9. The number of carbonyl (C=O) groups excluding carboxylic acids is 2. The lowest BCUT2D eigenvalue weighted by Gasteiger charge is -2.61. The van der Waals surface area contributed by atoms with Gasteiger partial charge >= 0.3 is 12.0 Å². The van der Waals surface area contributed by atoms with Crippen LogP contribution in [-0.2, 0) is 16.6 Å². The van der Waals surface area contributed by atoms with Crippen LogP contribution in [0.1, 0.15) is 74.9 Å². The molecule has 0 N–H and O–H groups in total. The number of rotatable bonds is 2. The summed E-state index contributed by atoms with van der Waals surface area (Å²) in [7, 11) is 0. The van der Waals surface area contributed by atoms with Crippen molar-refractivity contribution in [1.29, 1.82) is 0 Å². The molecule has 2 bridgehead atoms. The van der Waals surface area contributed by atoms with Gasteiger partial charge in [-0.2, -0.15) is 0 Å². The van der Waals surface area contributed by atoms with Crippen molar-refractivity contribution in [2.75, 3.05) is 26.2 Å². The molecule has 158 valence electrons. The predicted molar refractivity (Wildman–Crippen MR) is 113 cm³/mol. The van der Waals surface area contributed by atoms with Gasteiger partial charge in [0.15, 0.2) is 0 Å². The molecule has 2 heterocycles. The lowest BCUT2D eigenvalue weighted by Crippen LogP contribution is -2.66. The largest absolute Gasteiger partial charge is 0.462 e. The van der Waals surface area contributed by atoms with Crippen molar-refractivity contribution < 1.29 is 14.3 Å². The number of hydrogen-bond donors (Lipinski definition) is 0. The summed E-state index contributed by atoms with van der Waals surface area (Å²) in [4.78, 5) is 29.9. The molecule has 0 radical (unpaired) electrons. The number of hydrogen-bond acceptors (Lipinski definition) is 3. The van der Waals surface area contributed by atoms with Crippen LogP contribution >= 0.6 is 0 Å². The van der Waals surface area contributed by atoms with E-state index in [0.717, 1.165) is 45.3 Å². The third-order valence-corrected chi connectivity index (χ3v) is 7.99. The van der Waals surface area contributed by atoms with Gasteiger partial charge < -0.3 is 14.5 Å². The molecule has 0 unspecified atom stereocenters. The van der Waals surface area contributed by atoms with E-state index < -0.39 is 0 Å². The first-order chi connectivity index (χ1) is 13.8. The number of carbonyl (C=O) groups is 2. The summed E-state index contributed by atoms with van der Waals surface area (Å²) >= 11 is 0. The van der Waals surface area contributed by atoms with Gasteiger partial charge in [-0.3, -0.25) is 0 Å². The molecule has 1 aliphatic carbocycles. The molecule has 0 aromatic heterocycles. The molecule has 0 spiro atoms. The average molecular weight is 399 g/mol. The number of amides is 2. The maximum Gasteiger partial charge on any atom is 0.338 e. The molecule has 2 atom stereocenters. The highest BCUT2D eigenvalue weighted by Gasteiger charge is 2.57. The topological polar surface area (TPSA) is 49.9 Å². The fourth-order valence-corrected chi connectivity index (χ4v) is 5.74. The standard InChI is InChI=1S/C24H34N2O3/c1-5-29-21(27)18-10-9-17-16-20-23(2,3)24(4,19(17)15-18)11-14-26(20)22(28)25-12-7-6-8-13-25/h9-10,15,20H,5-8,11-14,16H2,1-4H3/t20-,24+/m0/s1. The molecule has 2 amide bonds. The van der Waals surface area contributed by atoms with Crippen LogP contribution in [0.4, 0.5) is 4.79 Å². The third-order valence-electron chi connectivity index (χ3n) is 7.99. The van der Waals surface area contributed by atoms with E-state index in [9.17, 15) is 9.59 Å². The Labute approximate surface area is 174 Å². The summed E-state index contributed by atoms with van der Waals surface area (Å²) in [6, 6.07) is 6.41. The second-order valence-corrected chi connectivity index (χ2v) is 9.64. The van der Waals surface area contributed by atoms with E-state index in [-0.39, 0.29) is 28.9 Å². The molecule has 1 aromatic carbocycles. The minimum Gasteiger partial charge on any atom is -0.462 e. The van der Waals surface area contributed by atoms with E-state index in [1.165, 1.54) is 17.5 Å². The van der Waals surface area contributed by atoms with Crippen LogP contribution in [0.3, 0.4) is 0 Å². The number of urea groups is 1. The first-order valence-corrected chi connectivity index (χ1v) is 11.2. The monoisotopic (exact) mass is 398 g/mol. The van der Waals surface area contributed by atoms with Crippen molar-refractivity contribution in [3.8, 4) is 0 Å². The number of likely N-dealkylation sites (tertiary alicyclic amines) is 2. The zero-order valence-corrected chi connectivity index (χ0v) is 18.3. The zero-order chi connectivity index (χ0) is 20.8. The molecule has 4 rings (SSSR count). The van der Waals surface area contributed by atoms with Gasteiger partial charge in [0.1, 0.15) is 0 Å². The minimum absolute atomic E-state index is 0.0724. The zero-order valence-electron chi connectivity index (χ0n) is 18.3. The Morgan fingerprint density at radius 3 is 2.52 bits per heavy atom. The maximum absolute atomic E-state index is 13.4. The molecule has 2 fully saturated rings. The lowest BCUT2D eigenvalue weighted by molar-refractivity contribution is -0.0242. The molecular formula is C24H34N2O3. The van der Waals surface area contributed by atoms with Crippen molar-refractivity contribution in [1.82, 2.24) is 9.80 Å². The van der Waals surface area contributed by atoms with Gasteiger partial charge in [0.05, 0.1) is 12.2 Å². The quantitative estimate of drug-likeness (QED) is 0.695. The van der Waals surface area contributed by atoms with Gasteiger partial charge in [0.2, 0.25) is 0 Å². The van der Waals surface area contributed by atoms with Crippen LogP contribution in [-0.4, -0.2) is 54.1 Å². The smallest absolute Gasteiger partial charge is 0.338 e. The highest BCUT2D eigenvalue weighted by molar-refractivity contribution is 5.90. The van der Waals surface area contributed by atoms with Gasteiger partial charge in [-0.1, -0.05) is 26.8 Å². The Kier molecular flexibility index (Phi) is 5.12. The molecule has 5 heteroatoms. The summed E-state index contributed by atoms with van der Waals surface area (Å²) in [5, 5.41) is 0. The summed E-state index contributed by atoms with van der Waals surface area (Å²) in [5.41, 5.74) is 3.01. The molecular weight excluding hydrogens is 364 g/mol. The van der Waals surface area contributed by atoms with Crippen LogP contribution in [0.5, 0.6) is 0 Å². The molecule has 5 nitrogen and oxygen atoms in total. The maximum atomic E-state index is 13.4. The van der Waals surface area contributed by atoms with Crippen molar-refractivity contribution in [2.45, 2.75) is 71.3 Å². The van der Waals surface area contributed by atoms with E-state index in [2.05, 4.69) is 36.6 Å². The van der Waals surface area contributed by atoms with Crippen LogP contribution in [0.15, 0.2) is 18.2 Å². The predicted octanol–water partition coefficient (Wildman–Crippen LogP) is 4.38. The van der Waals surface area contributed by atoms with Gasteiger partial charge in [-0.25, -0.2) is 9.59 Å². The molecule has 1 aromatic rings.